The number of aliphatic hydroxyl groups excluding tert-OH is 1. The lowest BCUT2D eigenvalue weighted by Crippen LogP contribution is -2.31. The van der Waals surface area contributed by atoms with E-state index in [1.54, 1.807) is 6.07 Å². The predicted molar refractivity (Wildman–Crippen MR) is 60.9 cm³/mol. The summed E-state index contributed by atoms with van der Waals surface area (Å²) in [5.74, 6) is 1.11. The minimum Gasteiger partial charge on any atom is -0.448 e. The minimum absolute atomic E-state index is 0.305. The van der Waals surface area contributed by atoms with Gasteiger partial charge in [0.2, 0.25) is 0 Å². The summed E-state index contributed by atoms with van der Waals surface area (Å²) < 4.78 is 5.17. The maximum atomic E-state index is 9.68. The molecule has 1 aromatic rings. The highest BCUT2D eigenvalue weighted by atomic mass is 35.5. The third-order valence-corrected chi connectivity index (χ3v) is 2.79. The molecule has 1 rings (SSSR count). The molecule has 0 saturated carbocycles. The van der Waals surface area contributed by atoms with Gasteiger partial charge < -0.3 is 14.8 Å². The lowest BCUT2D eigenvalue weighted by molar-refractivity contribution is 0.112. The topological polar surface area (TPSA) is 45.4 Å². The fourth-order valence-electron chi connectivity index (χ4n) is 1.26. The Labute approximate surface area is 95.4 Å². The van der Waals surface area contributed by atoms with E-state index in [1.165, 1.54) is 0 Å². The number of aliphatic hydroxyl groups is 1. The van der Waals surface area contributed by atoms with Gasteiger partial charge in [-0.15, -0.1) is 0 Å². The summed E-state index contributed by atoms with van der Waals surface area (Å²) in [7, 11) is 0. The van der Waals surface area contributed by atoms with Gasteiger partial charge in [-0.25, -0.2) is 0 Å². The van der Waals surface area contributed by atoms with E-state index in [9.17, 15) is 5.11 Å². The molecule has 0 fully saturated rings. The number of rotatable bonds is 6. The fraction of sp³-hybridized carbons (Fsp3) is 0.636. The summed E-state index contributed by atoms with van der Waals surface area (Å²) in [6, 6.07) is 3.54. The molecule has 0 saturated heterocycles. The number of nitrogens with one attached hydrogen (secondary N) is 1. The van der Waals surface area contributed by atoms with Crippen molar-refractivity contribution in [3.05, 3.63) is 23.1 Å². The zero-order chi connectivity index (χ0) is 11.3. The molecule has 0 bridgehead atoms. The lowest BCUT2D eigenvalue weighted by Gasteiger charge is -2.17. The summed E-state index contributed by atoms with van der Waals surface area (Å²) in [5.41, 5.74) is 0. The molecule has 0 aliphatic rings. The van der Waals surface area contributed by atoms with Crippen LogP contribution in [0.3, 0.4) is 0 Å². The molecule has 2 N–H and O–H groups in total. The Bertz CT molecular complexity index is 288. The molecule has 0 aliphatic carbocycles. The molecular weight excluding hydrogens is 214 g/mol. The second-order valence-electron chi connectivity index (χ2n) is 3.79. The highest BCUT2D eigenvalue weighted by molar-refractivity contribution is 6.28. The van der Waals surface area contributed by atoms with Gasteiger partial charge in [0.1, 0.15) is 5.76 Å². The van der Waals surface area contributed by atoms with Gasteiger partial charge in [0.25, 0.3) is 0 Å². The molecule has 0 amide bonds. The number of hydrogen-bond donors (Lipinski definition) is 2. The van der Waals surface area contributed by atoms with E-state index >= 15 is 0 Å². The zero-order valence-electron chi connectivity index (χ0n) is 9.16. The summed E-state index contributed by atoms with van der Waals surface area (Å²) >= 11 is 5.63. The van der Waals surface area contributed by atoms with Gasteiger partial charge in [-0.2, -0.15) is 0 Å². The molecule has 0 spiro atoms. The Hall–Kier alpha value is -0.510. The molecule has 15 heavy (non-hydrogen) atoms. The van der Waals surface area contributed by atoms with E-state index in [0.29, 0.717) is 24.2 Å². The monoisotopic (exact) mass is 231 g/mol. The molecule has 2 atom stereocenters. The molecule has 1 aromatic heterocycles. The molecular formula is C11H18ClNO2. The second kappa shape index (κ2) is 6.16. The van der Waals surface area contributed by atoms with Crippen LogP contribution in [0.5, 0.6) is 0 Å². The Morgan fingerprint density at radius 3 is 2.80 bits per heavy atom. The number of halogens is 1. The third kappa shape index (κ3) is 4.24. The zero-order valence-corrected chi connectivity index (χ0v) is 9.92. The minimum atomic E-state index is -0.305. The van der Waals surface area contributed by atoms with Crippen LogP contribution < -0.4 is 5.32 Å². The van der Waals surface area contributed by atoms with E-state index in [1.807, 2.05) is 13.0 Å². The number of hydrogen-bond acceptors (Lipinski definition) is 3. The second-order valence-corrected chi connectivity index (χ2v) is 4.16. The lowest BCUT2D eigenvalue weighted by atomic mass is 10.0. The maximum absolute atomic E-state index is 9.68. The summed E-state index contributed by atoms with van der Waals surface area (Å²) in [6.45, 7) is 5.28. The van der Waals surface area contributed by atoms with Crippen LogP contribution in [0.1, 0.15) is 26.0 Å². The van der Waals surface area contributed by atoms with Gasteiger partial charge in [-0.1, -0.05) is 20.3 Å². The predicted octanol–water partition coefficient (Wildman–Crippen LogP) is 2.43. The Morgan fingerprint density at radius 1 is 1.53 bits per heavy atom. The van der Waals surface area contributed by atoms with Crippen molar-refractivity contribution in [2.75, 3.05) is 6.54 Å². The molecule has 0 aromatic carbocycles. The van der Waals surface area contributed by atoms with Crippen LogP contribution in [0.4, 0.5) is 0 Å². The van der Waals surface area contributed by atoms with Crippen LogP contribution in [0.2, 0.25) is 5.22 Å². The first kappa shape index (κ1) is 12.6. The van der Waals surface area contributed by atoms with Crippen LogP contribution in [0.15, 0.2) is 16.5 Å². The summed E-state index contributed by atoms with van der Waals surface area (Å²) in [5, 5.41) is 13.2. The summed E-state index contributed by atoms with van der Waals surface area (Å²) in [4.78, 5) is 0. The van der Waals surface area contributed by atoms with Gasteiger partial charge in [0, 0.05) is 6.54 Å². The fourth-order valence-corrected chi connectivity index (χ4v) is 1.43. The molecule has 3 nitrogen and oxygen atoms in total. The molecule has 2 unspecified atom stereocenters. The van der Waals surface area contributed by atoms with E-state index in [-0.39, 0.29) is 6.10 Å². The SMILES string of the molecule is CCC(C)C(O)CNCc1ccc(Cl)o1. The molecule has 86 valence electrons. The van der Waals surface area contributed by atoms with Crippen molar-refractivity contribution in [2.45, 2.75) is 32.9 Å². The Balaban J connectivity index is 2.21. The standard InChI is InChI=1S/C11H18ClNO2/c1-3-8(2)10(14)7-13-6-9-4-5-11(12)15-9/h4-5,8,10,13-14H,3,6-7H2,1-2H3. The van der Waals surface area contributed by atoms with Crippen molar-refractivity contribution in [3.8, 4) is 0 Å². The van der Waals surface area contributed by atoms with Crippen molar-refractivity contribution < 1.29 is 9.52 Å². The van der Waals surface area contributed by atoms with Gasteiger partial charge in [-0.3, -0.25) is 0 Å². The van der Waals surface area contributed by atoms with Crippen LogP contribution in [0.25, 0.3) is 0 Å². The maximum Gasteiger partial charge on any atom is 0.193 e. The first-order chi connectivity index (χ1) is 7.13. The van der Waals surface area contributed by atoms with Crippen molar-refractivity contribution in [1.82, 2.24) is 5.32 Å². The van der Waals surface area contributed by atoms with E-state index in [2.05, 4.69) is 12.2 Å². The normalized spacial score (nSPS) is 15.2. The van der Waals surface area contributed by atoms with E-state index < -0.39 is 0 Å². The third-order valence-electron chi connectivity index (χ3n) is 2.58. The van der Waals surface area contributed by atoms with Crippen LogP contribution in [0, 0.1) is 5.92 Å². The van der Waals surface area contributed by atoms with Gasteiger partial charge in [-0.05, 0) is 29.7 Å². The van der Waals surface area contributed by atoms with Crippen LogP contribution in [-0.4, -0.2) is 17.8 Å². The van der Waals surface area contributed by atoms with Crippen LogP contribution >= 0.6 is 11.6 Å². The Kier molecular flexibility index (Phi) is 5.15. The molecule has 4 heteroatoms. The molecule has 0 aliphatic heterocycles. The first-order valence-corrected chi connectivity index (χ1v) is 5.64. The quantitative estimate of drug-likeness (QED) is 0.791. The summed E-state index contributed by atoms with van der Waals surface area (Å²) in [6.07, 6.45) is 0.676. The molecule has 1 heterocycles. The van der Waals surface area contributed by atoms with Crippen molar-refractivity contribution in [1.29, 1.82) is 0 Å². The van der Waals surface area contributed by atoms with Gasteiger partial charge in [0.15, 0.2) is 5.22 Å². The highest BCUT2D eigenvalue weighted by Gasteiger charge is 2.11. The number of furan rings is 1. The van der Waals surface area contributed by atoms with Crippen molar-refractivity contribution >= 4 is 11.6 Å². The average Bonchev–Trinajstić information content (AvgIpc) is 2.63. The largest absolute Gasteiger partial charge is 0.448 e. The highest BCUT2D eigenvalue weighted by Crippen LogP contribution is 2.12. The van der Waals surface area contributed by atoms with Gasteiger partial charge in [0.05, 0.1) is 12.6 Å². The van der Waals surface area contributed by atoms with Crippen molar-refractivity contribution in [3.63, 3.8) is 0 Å². The van der Waals surface area contributed by atoms with Crippen LogP contribution in [-0.2, 0) is 6.54 Å². The smallest absolute Gasteiger partial charge is 0.193 e. The van der Waals surface area contributed by atoms with E-state index in [0.717, 1.165) is 12.2 Å². The average molecular weight is 232 g/mol. The van der Waals surface area contributed by atoms with E-state index in [4.69, 9.17) is 16.0 Å². The molecule has 0 radical (unpaired) electrons. The van der Waals surface area contributed by atoms with Crippen molar-refractivity contribution in [2.24, 2.45) is 5.92 Å². The van der Waals surface area contributed by atoms with Gasteiger partial charge >= 0.3 is 0 Å². The first-order valence-electron chi connectivity index (χ1n) is 5.26. The Morgan fingerprint density at radius 2 is 2.27 bits per heavy atom.